The van der Waals surface area contributed by atoms with Crippen molar-refractivity contribution in [1.29, 1.82) is 0 Å². The van der Waals surface area contributed by atoms with Crippen LogP contribution in [0.5, 0.6) is 5.88 Å². The van der Waals surface area contributed by atoms with Crippen LogP contribution in [0.4, 0.5) is 0 Å². The minimum atomic E-state index is 0.612. The lowest BCUT2D eigenvalue weighted by atomic mass is 9.80. The van der Waals surface area contributed by atoms with Crippen LogP contribution < -0.4 is 10.5 Å². The highest BCUT2D eigenvalue weighted by molar-refractivity contribution is 5.09. The first kappa shape index (κ1) is 11.4. The standard InChI is InChI=1S/C13H20N2O/c14-9-11-5-1-2-6-12(11)10-16-13-7-3-4-8-15-13/h3-4,7-8,11-12H,1-2,5-6,9-10,14H2. The number of aromatic nitrogens is 1. The lowest BCUT2D eigenvalue weighted by Crippen LogP contribution is -2.30. The number of hydrogen-bond donors (Lipinski definition) is 1. The molecule has 1 heterocycles. The van der Waals surface area contributed by atoms with Gasteiger partial charge in [0.25, 0.3) is 0 Å². The molecule has 1 saturated carbocycles. The van der Waals surface area contributed by atoms with Crippen molar-refractivity contribution >= 4 is 0 Å². The fraction of sp³-hybridized carbons (Fsp3) is 0.615. The van der Waals surface area contributed by atoms with Crippen LogP contribution in [0.15, 0.2) is 24.4 Å². The summed E-state index contributed by atoms with van der Waals surface area (Å²) in [4.78, 5) is 4.16. The van der Waals surface area contributed by atoms with Gasteiger partial charge in [-0.25, -0.2) is 4.98 Å². The minimum absolute atomic E-state index is 0.612. The third kappa shape index (κ3) is 2.95. The Balaban J connectivity index is 1.84. The molecule has 16 heavy (non-hydrogen) atoms. The zero-order valence-corrected chi connectivity index (χ0v) is 9.64. The maximum Gasteiger partial charge on any atom is 0.213 e. The van der Waals surface area contributed by atoms with Crippen molar-refractivity contribution in [3.8, 4) is 5.88 Å². The lowest BCUT2D eigenvalue weighted by Gasteiger charge is -2.30. The topological polar surface area (TPSA) is 48.1 Å². The minimum Gasteiger partial charge on any atom is -0.477 e. The largest absolute Gasteiger partial charge is 0.477 e. The van der Waals surface area contributed by atoms with Gasteiger partial charge in [0.1, 0.15) is 0 Å². The van der Waals surface area contributed by atoms with Gasteiger partial charge in [-0.05, 0) is 37.3 Å². The fourth-order valence-corrected chi connectivity index (χ4v) is 2.44. The van der Waals surface area contributed by atoms with E-state index in [2.05, 4.69) is 4.98 Å². The Hall–Kier alpha value is -1.09. The van der Waals surface area contributed by atoms with Crippen LogP contribution in [-0.2, 0) is 0 Å². The highest BCUT2D eigenvalue weighted by atomic mass is 16.5. The van der Waals surface area contributed by atoms with E-state index in [0.717, 1.165) is 19.0 Å². The Labute approximate surface area is 97.0 Å². The summed E-state index contributed by atoms with van der Waals surface area (Å²) in [6, 6.07) is 5.75. The van der Waals surface area contributed by atoms with E-state index in [4.69, 9.17) is 10.5 Å². The summed E-state index contributed by atoms with van der Waals surface area (Å²) >= 11 is 0. The molecule has 2 unspecified atom stereocenters. The third-order valence-corrected chi connectivity index (χ3v) is 3.45. The average molecular weight is 220 g/mol. The van der Waals surface area contributed by atoms with Gasteiger partial charge >= 0.3 is 0 Å². The maximum atomic E-state index is 5.79. The summed E-state index contributed by atoms with van der Waals surface area (Å²) in [5, 5.41) is 0. The smallest absolute Gasteiger partial charge is 0.213 e. The molecule has 88 valence electrons. The molecule has 2 rings (SSSR count). The number of rotatable bonds is 4. The summed E-state index contributed by atoms with van der Waals surface area (Å²) in [7, 11) is 0. The summed E-state index contributed by atoms with van der Waals surface area (Å²) < 4.78 is 5.71. The Kier molecular flexibility index (Phi) is 4.17. The zero-order valence-electron chi connectivity index (χ0n) is 9.64. The van der Waals surface area contributed by atoms with E-state index in [9.17, 15) is 0 Å². The average Bonchev–Trinajstić information content (AvgIpc) is 2.38. The van der Waals surface area contributed by atoms with Gasteiger partial charge in [0.2, 0.25) is 5.88 Å². The molecule has 1 fully saturated rings. The first-order chi connectivity index (χ1) is 7.90. The number of nitrogens with zero attached hydrogens (tertiary/aromatic N) is 1. The molecule has 0 spiro atoms. The molecule has 3 nitrogen and oxygen atoms in total. The predicted molar refractivity (Wildman–Crippen MR) is 64.2 cm³/mol. The number of pyridine rings is 1. The van der Waals surface area contributed by atoms with E-state index < -0.39 is 0 Å². The lowest BCUT2D eigenvalue weighted by molar-refractivity contribution is 0.149. The second-order valence-electron chi connectivity index (χ2n) is 4.52. The van der Waals surface area contributed by atoms with Crippen molar-refractivity contribution in [2.75, 3.05) is 13.2 Å². The van der Waals surface area contributed by atoms with E-state index in [1.54, 1.807) is 6.20 Å². The van der Waals surface area contributed by atoms with Crippen LogP contribution >= 0.6 is 0 Å². The molecule has 0 saturated heterocycles. The van der Waals surface area contributed by atoms with E-state index in [1.165, 1.54) is 25.7 Å². The Morgan fingerprint density at radius 2 is 2.06 bits per heavy atom. The maximum absolute atomic E-state index is 5.79. The Morgan fingerprint density at radius 1 is 1.25 bits per heavy atom. The number of nitrogens with two attached hydrogens (primary N) is 1. The highest BCUT2D eigenvalue weighted by Crippen LogP contribution is 2.29. The number of ether oxygens (including phenoxy) is 1. The molecule has 1 aliphatic carbocycles. The van der Waals surface area contributed by atoms with E-state index >= 15 is 0 Å². The van der Waals surface area contributed by atoms with Crippen molar-refractivity contribution in [3.05, 3.63) is 24.4 Å². The van der Waals surface area contributed by atoms with Gasteiger partial charge in [0, 0.05) is 12.3 Å². The van der Waals surface area contributed by atoms with E-state index in [-0.39, 0.29) is 0 Å². The van der Waals surface area contributed by atoms with Crippen LogP contribution in [-0.4, -0.2) is 18.1 Å². The zero-order chi connectivity index (χ0) is 11.2. The van der Waals surface area contributed by atoms with Crippen molar-refractivity contribution < 1.29 is 4.74 Å². The molecule has 1 aromatic rings. The highest BCUT2D eigenvalue weighted by Gasteiger charge is 2.24. The second kappa shape index (κ2) is 5.85. The van der Waals surface area contributed by atoms with Crippen LogP contribution in [0, 0.1) is 11.8 Å². The van der Waals surface area contributed by atoms with Gasteiger partial charge in [0.05, 0.1) is 6.61 Å². The molecule has 0 amide bonds. The van der Waals surface area contributed by atoms with Crippen molar-refractivity contribution in [3.63, 3.8) is 0 Å². The van der Waals surface area contributed by atoms with Crippen molar-refractivity contribution in [1.82, 2.24) is 4.98 Å². The van der Waals surface area contributed by atoms with Gasteiger partial charge < -0.3 is 10.5 Å². The molecular formula is C13H20N2O. The summed E-state index contributed by atoms with van der Waals surface area (Å²) in [5.41, 5.74) is 5.79. The molecule has 0 radical (unpaired) electrons. The molecule has 0 bridgehead atoms. The molecule has 1 aliphatic rings. The van der Waals surface area contributed by atoms with Crippen LogP contribution in [0.25, 0.3) is 0 Å². The van der Waals surface area contributed by atoms with Crippen molar-refractivity contribution in [2.45, 2.75) is 25.7 Å². The van der Waals surface area contributed by atoms with Crippen LogP contribution in [0.2, 0.25) is 0 Å². The van der Waals surface area contributed by atoms with Gasteiger partial charge in [-0.2, -0.15) is 0 Å². The Bertz CT molecular complexity index is 302. The summed E-state index contributed by atoms with van der Waals surface area (Å²) in [6.07, 6.45) is 6.90. The predicted octanol–water partition coefficient (Wildman–Crippen LogP) is 2.23. The quantitative estimate of drug-likeness (QED) is 0.846. The van der Waals surface area contributed by atoms with Gasteiger partial charge in [0.15, 0.2) is 0 Å². The normalized spacial score (nSPS) is 25.3. The molecule has 0 aliphatic heterocycles. The summed E-state index contributed by atoms with van der Waals surface area (Å²) in [5.74, 6) is 1.97. The Morgan fingerprint density at radius 3 is 2.75 bits per heavy atom. The molecule has 0 aromatic carbocycles. The van der Waals surface area contributed by atoms with E-state index in [0.29, 0.717) is 11.8 Å². The van der Waals surface area contributed by atoms with Gasteiger partial charge in [-0.3, -0.25) is 0 Å². The monoisotopic (exact) mass is 220 g/mol. The van der Waals surface area contributed by atoms with Gasteiger partial charge in [-0.1, -0.05) is 18.9 Å². The molecule has 2 atom stereocenters. The number of hydrogen-bond acceptors (Lipinski definition) is 3. The molecular weight excluding hydrogens is 200 g/mol. The SMILES string of the molecule is NCC1CCCCC1COc1ccccn1. The van der Waals surface area contributed by atoms with Crippen LogP contribution in [0.3, 0.4) is 0 Å². The van der Waals surface area contributed by atoms with Gasteiger partial charge in [-0.15, -0.1) is 0 Å². The molecule has 3 heteroatoms. The fourth-order valence-electron chi connectivity index (χ4n) is 2.44. The first-order valence-corrected chi connectivity index (χ1v) is 6.14. The molecule has 1 aromatic heterocycles. The first-order valence-electron chi connectivity index (χ1n) is 6.14. The molecule has 2 N–H and O–H groups in total. The third-order valence-electron chi connectivity index (χ3n) is 3.45. The van der Waals surface area contributed by atoms with Crippen LogP contribution in [0.1, 0.15) is 25.7 Å². The summed E-state index contributed by atoms with van der Waals surface area (Å²) in [6.45, 7) is 1.55. The van der Waals surface area contributed by atoms with Crippen molar-refractivity contribution in [2.24, 2.45) is 17.6 Å². The second-order valence-corrected chi connectivity index (χ2v) is 4.52. The van der Waals surface area contributed by atoms with E-state index in [1.807, 2.05) is 18.2 Å².